The third kappa shape index (κ3) is 3.98. The van der Waals surface area contributed by atoms with Gasteiger partial charge in [0.25, 0.3) is 0 Å². The van der Waals surface area contributed by atoms with E-state index in [1.54, 1.807) is 19.4 Å². The van der Waals surface area contributed by atoms with E-state index in [1.807, 2.05) is 48.5 Å². The van der Waals surface area contributed by atoms with Gasteiger partial charge in [-0.25, -0.2) is 4.98 Å². The zero-order valence-electron chi connectivity index (χ0n) is 12.5. The molecular weight excluding hydrogens is 356 g/mol. The van der Waals surface area contributed by atoms with Crippen LogP contribution in [0.15, 0.2) is 65.3 Å². The fourth-order valence-electron chi connectivity index (χ4n) is 2.04. The number of benzene rings is 2. The number of hydrogen-bond donors (Lipinski definition) is 2. The first-order valence-corrected chi connectivity index (χ1v) is 7.79. The molecule has 0 bridgehead atoms. The Labute approximate surface area is 142 Å². The Balaban J connectivity index is 1.78. The van der Waals surface area contributed by atoms with E-state index in [2.05, 4.69) is 36.5 Å². The molecular formula is C17H15BrN4O. The number of rotatable bonds is 5. The standard InChI is InChI=1S/C17H15BrN4O/c1-23-15-5-3-2-4-14(15)21-16-10-11-19-17(22-16)20-13-8-6-12(18)7-9-13/h2-11H,1H3,(H2,19,20,21,22). The van der Waals surface area contributed by atoms with Crippen molar-refractivity contribution in [1.29, 1.82) is 0 Å². The van der Waals surface area contributed by atoms with Crippen LogP contribution in [-0.2, 0) is 0 Å². The molecule has 3 rings (SSSR count). The van der Waals surface area contributed by atoms with Gasteiger partial charge in [-0.05, 0) is 42.5 Å². The second-order valence-electron chi connectivity index (χ2n) is 4.72. The Morgan fingerprint density at radius 1 is 0.957 bits per heavy atom. The zero-order valence-corrected chi connectivity index (χ0v) is 14.0. The zero-order chi connectivity index (χ0) is 16.1. The molecule has 0 aliphatic heterocycles. The summed E-state index contributed by atoms with van der Waals surface area (Å²) < 4.78 is 6.35. The van der Waals surface area contributed by atoms with Crippen LogP contribution in [0.1, 0.15) is 0 Å². The summed E-state index contributed by atoms with van der Waals surface area (Å²) in [6.07, 6.45) is 1.70. The maximum atomic E-state index is 5.33. The number of hydrogen-bond acceptors (Lipinski definition) is 5. The van der Waals surface area contributed by atoms with Gasteiger partial charge in [0.15, 0.2) is 0 Å². The Morgan fingerprint density at radius 3 is 2.52 bits per heavy atom. The molecule has 0 fully saturated rings. The number of nitrogens with one attached hydrogen (secondary N) is 2. The largest absolute Gasteiger partial charge is 0.495 e. The molecule has 3 aromatic rings. The van der Waals surface area contributed by atoms with Crippen molar-refractivity contribution in [3.05, 3.63) is 65.3 Å². The summed E-state index contributed by atoms with van der Waals surface area (Å²) in [5, 5.41) is 6.41. The quantitative estimate of drug-likeness (QED) is 0.679. The second kappa shape index (κ2) is 7.11. The van der Waals surface area contributed by atoms with Crippen molar-refractivity contribution in [2.75, 3.05) is 17.7 Å². The number of para-hydroxylation sites is 2. The van der Waals surface area contributed by atoms with E-state index < -0.39 is 0 Å². The first-order chi connectivity index (χ1) is 11.2. The van der Waals surface area contributed by atoms with Gasteiger partial charge >= 0.3 is 0 Å². The molecule has 5 nitrogen and oxygen atoms in total. The molecule has 6 heteroatoms. The lowest BCUT2D eigenvalue weighted by molar-refractivity contribution is 0.417. The van der Waals surface area contributed by atoms with Crippen LogP contribution in [0.25, 0.3) is 0 Å². The highest BCUT2D eigenvalue weighted by molar-refractivity contribution is 9.10. The minimum Gasteiger partial charge on any atom is -0.495 e. The van der Waals surface area contributed by atoms with Crippen LogP contribution in [0.5, 0.6) is 5.75 Å². The maximum Gasteiger partial charge on any atom is 0.229 e. The number of methoxy groups -OCH3 is 1. The van der Waals surface area contributed by atoms with Gasteiger partial charge in [0, 0.05) is 16.4 Å². The molecule has 0 aliphatic rings. The Bertz CT molecular complexity index is 793. The summed E-state index contributed by atoms with van der Waals surface area (Å²) in [5.41, 5.74) is 1.77. The fraction of sp³-hybridized carbons (Fsp3) is 0.0588. The van der Waals surface area contributed by atoms with E-state index >= 15 is 0 Å². The van der Waals surface area contributed by atoms with Crippen LogP contribution in [0, 0.1) is 0 Å². The van der Waals surface area contributed by atoms with E-state index in [1.165, 1.54) is 0 Å². The van der Waals surface area contributed by atoms with Crippen molar-refractivity contribution in [1.82, 2.24) is 9.97 Å². The second-order valence-corrected chi connectivity index (χ2v) is 5.64. The van der Waals surface area contributed by atoms with E-state index in [0.717, 1.165) is 21.6 Å². The molecule has 1 heterocycles. The molecule has 0 aliphatic carbocycles. The minimum atomic E-state index is 0.521. The third-order valence-corrected chi connectivity index (χ3v) is 3.65. The average molecular weight is 371 g/mol. The molecule has 0 radical (unpaired) electrons. The van der Waals surface area contributed by atoms with Crippen molar-refractivity contribution in [2.24, 2.45) is 0 Å². The van der Waals surface area contributed by atoms with Crippen LogP contribution >= 0.6 is 15.9 Å². The lowest BCUT2D eigenvalue weighted by Gasteiger charge is -2.11. The first kappa shape index (κ1) is 15.3. The molecule has 0 saturated carbocycles. The molecule has 0 spiro atoms. The summed E-state index contributed by atoms with van der Waals surface area (Å²) >= 11 is 3.41. The molecule has 0 saturated heterocycles. The minimum absolute atomic E-state index is 0.521. The van der Waals surface area contributed by atoms with E-state index in [9.17, 15) is 0 Å². The highest BCUT2D eigenvalue weighted by Crippen LogP contribution is 2.26. The van der Waals surface area contributed by atoms with Gasteiger partial charge in [-0.15, -0.1) is 0 Å². The van der Waals surface area contributed by atoms with Gasteiger partial charge in [0.2, 0.25) is 5.95 Å². The SMILES string of the molecule is COc1ccccc1Nc1ccnc(Nc2ccc(Br)cc2)n1. The molecule has 2 N–H and O–H groups in total. The van der Waals surface area contributed by atoms with E-state index in [4.69, 9.17) is 4.74 Å². The van der Waals surface area contributed by atoms with Gasteiger partial charge < -0.3 is 15.4 Å². The highest BCUT2D eigenvalue weighted by atomic mass is 79.9. The summed E-state index contributed by atoms with van der Waals surface area (Å²) in [6, 6.07) is 17.3. The van der Waals surface area contributed by atoms with Crippen molar-refractivity contribution in [2.45, 2.75) is 0 Å². The molecule has 23 heavy (non-hydrogen) atoms. The maximum absolute atomic E-state index is 5.33. The lowest BCUT2D eigenvalue weighted by atomic mass is 10.3. The molecule has 116 valence electrons. The smallest absolute Gasteiger partial charge is 0.229 e. The lowest BCUT2D eigenvalue weighted by Crippen LogP contribution is -2.01. The fourth-order valence-corrected chi connectivity index (χ4v) is 2.30. The van der Waals surface area contributed by atoms with E-state index in [-0.39, 0.29) is 0 Å². The predicted molar refractivity (Wildman–Crippen MR) is 95.7 cm³/mol. The number of nitrogens with zero attached hydrogens (tertiary/aromatic N) is 2. The summed E-state index contributed by atoms with van der Waals surface area (Å²) in [5.74, 6) is 1.96. The number of ether oxygens (including phenoxy) is 1. The predicted octanol–water partition coefficient (Wildman–Crippen LogP) is 4.73. The third-order valence-electron chi connectivity index (χ3n) is 3.13. The summed E-state index contributed by atoms with van der Waals surface area (Å²) in [6.45, 7) is 0. The molecule has 0 unspecified atom stereocenters. The van der Waals surface area contributed by atoms with Crippen molar-refractivity contribution in [3.63, 3.8) is 0 Å². The van der Waals surface area contributed by atoms with Crippen LogP contribution in [0.4, 0.5) is 23.1 Å². The first-order valence-electron chi connectivity index (χ1n) is 7.00. The Hall–Kier alpha value is -2.60. The molecule has 2 aromatic carbocycles. The van der Waals surface area contributed by atoms with Gasteiger partial charge in [0.05, 0.1) is 12.8 Å². The number of anilines is 4. The van der Waals surface area contributed by atoms with Crippen LogP contribution < -0.4 is 15.4 Å². The van der Waals surface area contributed by atoms with Crippen LogP contribution in [-0.4, -0.2) is 17.1 Å². The molecule has 0 amide bonds. The molecule has 1 aromatic heterocycles. The Morgan fingerprint density at radius 2 is 1.74 bits per heavy atom. The van der Waals surface area contributed by atoms with E-state index in [0.29, 0.717) is 11.8 Å². The monoisotopic (exact) mass is 370 g/mol. The average Bonchev–Trinajstić information content (AvgIpc) is 2.58. The van der Waals surface area contributed by atoms with Gasteiger partial charge in [0.1, 0.15) is 11.6 Å². The van der Waals surface area contributed by atoms with Gasteiger partial charge in [-0.2, -0.15) is 4.98 Å². The van der Waals surface area contributed by atoms with Gasteiger partial charge in [-0.3, -0.25) is 0 Å². The molecule has 0 atom stereocenters. The summed E-state index contributed by atoms with van der Waals surface area (Å²) in [7, 11) is 1.64. The van der Waals surface area contributed by atoms with Crippen LogP contribution in [0.2, 0.25) is 0 Å². The Kier molecular flexibility index (Phi) is 4.73. The number of aromatic nitrogens is 2. The van der Waals surface area contributed by atoms with Crippen LogP contribution in [0.3, 0.4) is 0 Å². The van der Waals surface area contributed by atoms with Gasteiger partial charge in [-0.1, -0.05) is 28.1 Å². The van der Waals surface area contributed by atoms with Crippen molar-refractivity contribution in [3.8, 4) is 5.75 Å². The number of halogens is 1. The topological polar surface area (TPSA) is 59.1 Å². The summed E-state index contributed by atoms with van der Waals surface area (Å²) in [4.78, 5) is 8.70. The van der Waals surface area contributed by atoms with Crippen molar-refractivity contribution < 1.29 is 4.74 Å². The highest BCUT2D eigenvalue weighted by Gasteiger charge is 2.04. The normalized spacial score (nSPS) is 10.2. The van der Waals surface area contributed by atoms with Crippen molar-refractivity contribution >= 4 is 39.1 Å².